The number of methoxy groups -OCH3 is 1. The molecule has 0 aliphatic heterocycles. The molecule has 0 spiro atoms. The number of amides is 2. The number of nitrogens with one attached hydrogen (secondary N) is 1. The van der Waals surface area contributed by atoms with Gasteiger partial charge in [-0.25, -0.2) is 8.42 Å². The Balaban J connectivity index is 2.45. The molecule has 8 nitrogen and oxygen atoms in total. The fourth-order valence-electron chi connectivity index (χ4n) is 3.39. The number of sulfonamides is 1. The highest BCUT2D eigenvalue weighted by Crippen LogP contribution is 2.33. The summed E-state index contributed by atoms with van der Waals surface area (Å²) >= 11 is 6.12. The predicted octanol–water partition coefficient (Wildman–Crippen LogP) is 3.76. The van der Waals surface area contributed by atoms with Crippen LogP contribution in [0.25, 0.3) is 0 Å². The summed E-state index contributed by atoms with van der Waals surface area (Å²) in [5.74, 6) is -0.601. The zero-order valence-electron chi connectivity index (χ0n) is 21.0. The van der Waals surface area contributed by atoms with E-state index in [0.29, 0.717) is 5.02 Å². The number of halogens is 1. The van der Waals surface area contributed by atoms with Gasteiger partial charge in [0.1, 0.15) is 18.3 Å². The molecule has 0 radical (unpaired) electrons. The topological polar surface area (TPSA) is 96.0 Å². The molecule has 2 amide bonds. The van der Waals surface area contributed by atoms with E-state index in [1.165, 1.54) is 24.1 Å². The van der Waals surface area contributed by atoms with E-state index in [-0.39, 0.29) is 29.9 Å². The van der Waals surface area contributed by atoms with Crippen LogP contribution in [0.15, 0.2) is 42.5 Å². The number of aryl methyl sites for hydroxylation is 1. The maximum absolute atomic E-state index is 13.6. The Morgan fingerprint density at radius 3 is 2.29 bits per heavy atom. The normalized spacial score (nSPS) is 13.0. The van der Waals surface area contributed by atoms with Crippen LogP contribution in [0.1, 0.15) is 38.3 Å². The lowest BCUT2D eigenvalue weighted by Crippen LogP contribution is -2.52. The molecule has 0 aliphatic carbocycles. The highest BCUT2D eigenvalue weighted by molar-refractivity contribution is 7.92. The van der Waals surface area contributed by atoms with Crippen molar-refractivity contribution in [2.75, 3.05) is 24.2 Å². The fourth-order valence-corrected chi connectivity index (χ4v) is 4.40. The number of hydrogen-bond donors (Lipinski definition) is 1. The van der Waals surface area contributed by atoms with Crippen molar-refractivity contribution in [2.45, 2.75) is 52.7 Å². The predicted molar refractivity (Wildman–Crippen MR) is 139 cm³/mol. The highest BCUT2D eigenvalue weighted by atomic mass is 35.5. The van der Waals surface area contributed by atoms with E-state index in [1.54, 1.807) is 13.0 Å². The van der Waals surface area contributed by atoms with Crippen LogP contribution >= 0.6 is 11.6 Å². The third-order valence-corrected chi connectivity index (χ3v) is 7.09. The van der Waals surface area contributed by atoms with Gasteiger partial charge in [-0.3, -0.25) is 13.9 Å². The molecular formula is C25H34ClN3O5S. The molecule has 0 fully saturated rings. The first-order valence-electron chi connectivity index (χ1n) is 11.3. The molecule has 2 atom stereocenters. The van der Waals surface area contributed by atoms with E-state index in [4.69, 9.17) is 16.3 Å². The second-order valence-corrected chi connectivity index (χ2v) is 10.9. The van der Waals surface area contributed by atoms with E-state index in [2.05, 4.69) is 5.32 Å². The largest absolute Gasteiger partial charge is 0.495 e. The van der Waals surface area contributed by atoms with Gasteiger partial charge in [-0.2, -0.15) is 0 Å². The lowest BCUT2D eigenvalue weighted by Gasteiger charge is -2.32. The Bertz CT molecular complexity index is 1140. The summed E-state index contributed by atoms with van der Waals surface area (Å²) in [6.45, 7) is 7.04. The lowest BCUT2D eigenvalue weighted by atomic mass is 10.1. The summed E-state index contributed by atoms with van der Waals surface area (Å²) in [5.41, 5.74) is 2.02. The van der Waals surface area contributed by atoms with Crippen LogP contribution in [0.2, 0.25) is 5.02 Å². The maximum atomic E-state index is 13.6. The summed E-state index contributed by atoms with van der Waals surface area (Å²) in [6.07, 6.45) is 1.74. The van der Waals surface area contributed by atoms with Crippen LogP contribution in [-0.2, 0) is 26.2 Å². The van der Waals surface area contributed by atoms with E-state index < -0.39 is 28.5 Å². The number of benzene rings is 2. The first-order valence-corrected chi connectivity index (χ1v) is 13.6. The van der Waals surface area contributed by atoms with Gasteiger partial charge in [0.05, 0.1) is 19.1 Å². The SMILES string of the molecule is CC[C@H](C)NC(=O)[C@H](C)N(Cc1ccc(C)cc1)C(=O)CN(c1cc(Cl)ccc1OC)S(C)(=O)=O. The van der Waals surface area contributed by atoms with Crippen molar-refractivity contribution in [3.63, 3.8) is 0 Å². The zero-order valence-corrected chi connectivity index (χ0v) is 22.6. The van der Waals surface area contributed by atoms with Gasteiger partial charge in [0.15, 0.2) is 0 Å². The van der Waals surface area contributed by atoms with Gasteiger partial charge in [0.2, 0.25) is 21.8 Å². The Labute approximate surface area is 213 Å². The Kier molecular flexibility index (Phi) is 9.97. The number of carbonyl (C=O) groups is 2. The van der Waals surface area contributed by atoms with Gasteiger partial charge in [0.25, 0.3) is 0 Å². The summed E-state index contributed by atoms with van der Waals surface area (Å²) in [5, 5.41) is 3.19. The molecule has 2 aromatic rings. The summed E-state index contributed by atoms with van der Waals surface area (Å²) in [7, 11) is -2.49. The van der Waals surface area contributed by atoms with Crippen LogP contribution in [0, 0.1) is 6.92 Å². The van der Waals surface area contributed by atoms with E-state index in [9.17, 15) is 18.0 Å². The van der Waals surface area contributed by atoms with Crippen molar-refractivity contribution in [3.8, 4) is 5.75 Å². The third-order valence-electron chi connectivity index (χ3n) is 5.73. The average Bonchev–Trinajstić information content (AvgIpc) is 2.80. The summed E-state index contributed by atoms with van der Waals surface area (Å²) in [6, 6.07) is 11.2. The van der Waals surface area contributed by atoms with Gasteiger partial charge in [-0.15, -0.1) is 0 Å². The smallest absolute Gasteiger partial charge is 0.244 e. The van der Waals surface area contributed by atoms with Crippen molar-refractivity contribution < 1.29 is 22.7 Å². The van der Waals surface area contributed by atoms with E-state index in [1.807, 2.05) is 45.0 Å². The number of ether oxygens (including phenoxy) is 1. The summed E-state index contributed by atoms with van der Waals surface area (Å²) < 4.78 is 31.7. The Morgan fingerprint density at radius 1 is 1.11 bits per heavy atom. The molecule has 1 N–H and O–H groups in total. The average molecular weight is 524 g/mol. The number of nitrogens with zero attached hydrogens (tertiary/aromatic N) is 2. The molecule has 0 saturated carbocycles. The van der Waals surface area contributed by atoms with Gasteiger partial charge < -0.3 is 15.0 Å². The molecule has 0 aromatic heterocycles. The zero-order chi connectivity index (χ0) is 26.3. The quantitative estimate of drug-likeness (QED) is 0.484. The van der Waals surface area contributed by atoms with Crippen LogP contribution in [0.4, 0.5) is 5.69 Å². The molecule has 192 valence electrons. The van der Waals surface area contributed by atoms with Crippen molar-refractivity contribution in [1.82, 2.24) is 10.2 Å². The fraction of sp³-hybridized carbons (Fsp3) is 0.440. The van der Waals surface area contributed by atoms with Gasteiger partial charge in [0, 0.05) is 17.6 Å². The second-order valence-electron chi connectivity index (χ2n) is 8.59. The number of rotatable bonds is 11. The van der Waals surface area contributed by atoms with Crippen LogP contribution in [0.5, 0.6) is 5.75 Å². The maximum Gasteiger partial charge on any atom is 0.244 e. The minimum absolute atomic E-state index is 0.0653. The first kappa shape index (κ1) is 28.5. The molecule has 2 rings (SSSR count). The van der Waals surface area contributed by atoms with E-state index in [0.717, 1.165) is 28.1 Å². The minimum atomic E-state index is -3.90. The molecule has 35 heavy (non-hydrogen) atoms. The highest BCUT2D eigenvalue weighted by Gasteiger charge is 2.31. The number of carbonyl (C=O) groups excluding carboxylic acids is 2. The molecule has 0 aliphatic rings. The van der Waals surface area contributed by atoms with E-state index >= 15 is 0 Å². The van der Waals surface area contributed by atoms with Crippen molar-refractivity contribution in [2.24, 2.45) is 0 Å². The molecular weight excluding hydrogens is 490 g/mol. The van der Waals surface area contributed by atoms with Crippen LogP contribution in [-0.4, -0.2) is 57.1 Å². The minimum Gasteiger partial charge on any atom is -0.495 e. The van der Waals surface area contributed by atoms with Crippen LogP contribution < -0.4 is 14.4 Å². The van der Waals surface area contributed by atoms with Crippen molar-refractivity contribution >= 4 is 39.1 Å². The van der Waals surface area contributed by atoms with Gasteiger partial charge in [-0.1, -0.05) is 48.4 Å². The Hall–Kier alpha value is -2.78. The monoisotopic (exact) mass is 523 g/mol. The number of anilines is 1. The standard InChI is InChI=1S/C25H34ClN3O5S/c1-7-18(3)27-25(31)19(4)28(15-20-10-8-17(2)9-11-20)24(30)16-29(35(6,32)33)22-14-21(26)12-13-23(22)34-5/h8-14,18-19H,7,15-16H2,1-6H3,(H,27,31)/t18-,19-/m0/s1. The molecule has 0 unspecified atom stereocenters. The molecule has 0 heterocycles. The van der Waals surface area contributed by atoms with Crippen molar-refractivity contribution in [3.05, 3.63) is 58.6 Å². The molecule has 0 bridgehead atoms. The lowest BCUT2D eigenvalue weighted by molar-refractivity contribution is -0.139. The van der Waals surface area contributed by atoms with Crippen LogP contribution in [0.3, 0.4) is 0 Å². The molecule has 10 heteroatoms. The van der Waals surface area contributed by atoms with Gasteiger partial charge in [-0.05, 0) is 51.0 Å². The van der Waals surface area contributed by atoms with Gasteiger partial charge >= 0.3 is 0 Å². The summed E-state index contributed by atoms with van der Waals surface area (Å²) in [4.78, 5) is 27.9. The Morgan fingerprint density at radius 2 is 1.74 bits per heavy atom. The molecule has 0 saturated heterocycles. The molecule has 2 aromatic carbocycles. The van der Waals surface area contributed by atoms with Crippen molar-refractivity contribution in [1.29, 1.82) is 0 Å². The number of hydrogen-bond acceptors (Lipinski definition) is 5. The third kappa shape index (κ3) is 7.86. The first-order chi connectivity index (χ1) is 16.4. The second kappa shape index (κ2) is 12.3.